The number of phenols is 1. The molecule has 2 heterocycles. The largest absolute Gasteiger partial charge is 0.502 e. The first kappa shape index (κ1) is 16.3. The van der Waals surface area contributed by atoms with Crippen LogP contribution in [0.5, 0.6) is 17.2 Å². The van der Waals surface area contributed by atoms with Crippen molar-refractivity contribution in [2.24, 2.45) is 5.84 Å². The Morgan fingerprint density at radius 1 is 1.12 bits per heavy atom. The Labute approximate surface area is 139 Å². The molecule has 0 aliphatic carbocycles. The van der Waals surface area contributed by atoms with Crippen LogP contribution >= 0.6 is 0 Å². The smallest absolute Gasteiger partial charge is 0.327 e. The molecule has 130 valence electrons. The predicted molar refractivity (Wildman–Crippen MR) is 88.8 cm³/mol. The first-order valence-electron chi connectivity index (χ1n) is 6.94. The predicted octanol–water partition coefficient (Wildman–Crippen LogP) is -0.318. The number of fused-ring (bicyclic) bond motifs is 1. The van der Waals surface area contributed by atoms with Gasteiger partial charge in [0, 0.05) is 5.56 Å². The van der Waals surface area contributed by atoms with Crippen LogP contribution in [0.15, 0.2) is 21.7 Å². The van der Waals surface area contributed by atoms with Crippen molar-refractivity contribution in [2.75, 3.05) is 19.6 Å². The number of nitrogens with one attached hydrogen (secondary N) is 3. The summed E-state index contributed by atoms with van der Waals surface area (Å²) in [5.41, 5.74) is 1.41. The van der Waals surface area contributed by atoms with Crippen molar-refractivity contribution in [3.63, 3.8) is 0 Å². The molecule has 3 rings (SSSR count). The number of nitrogens with zero attached hydrogens (tertiary/aromatic N) is 2. The second-order valence-electron chi connectivity index (χ2n) is 4.90. The van der Waals surface area contributed by atoms with Gasteiger partial charge in [0.2, 0.25) is 11.7 Å². The van der Waals surface area contributed by atoms with Crippen molar-refractivity contribution in [1.29, 1.82) is 0 Å². The van der Waals surface area contributed by atoms with Gasteiger partial charge in [-0.2, -0.15) is 4.98 Å². The van der Waals surface area contributed by atoms with E-state index in [0.717, 1.165) is 0 Å². The fourth-order valence-corrected chi connectivity index (χ4v) is 2.37. The zero-order valence-corrected chi connectivity index (χ0v) is 13.2. The molecule has 11 nitrogen and oxygen atoms in total. The minimum Gasteiger partial charge on any atom is -0.502 e. The van der Waals surface area contributed by atoms with Gasteiger partial charge in [-0.15, -0.1) is 0 Å². The monoisotopic (exact) mass is 346 g/mol. The summed E-state index contributed by atoms with van der Waals surface area (Å²) in [4.78, 5) is 36.4. The quantitative estimate of drug-likeness (QED) is 0.314. The van der Waals surface area contributed by atoms with Crippen LogP contribution in [-0.4, -0.2) is 39.3 Å². The van der Waals surface area contributed by atoms with Gasteiger partial charge in [0.25, 0.3) is 5.56 Å². The first-order valence-corrected chi connectivity index (χ1v) is 6.94. The maximum atomic E-state index is 12.3. The lowest BCUT2D eigenvalue weighted by Crippen LogP contribution is -2.24. The fourth-order valence-electron chi connectivity index (χ4n) is 2.37. The van der Waals surface area contributed by atoms with Crippen LogP contribution in [0.4, 0.5) is 5.95 Å². The number of benzene rings is 1. The maximum absolute atomic E-state index is 12.3. The molecule has 0 aliphatic rings. The highest BCUT2D eigenvalue weighted by atomic mass is 16.5. The highest BCUT2D eigenvalue weighted by Gasteiger charge is 2.18. The van der Waals surface area contributed by atoms with Crippen molar-refractivity contribution >= 4 is 17.0 Å². The van der Waals surface area contributed by atoms with E-state index in [4.69, 9.17) is 15.3 Å². The van der Waals surface area contributed by atoms with Gasteiger partial charge in [0.1, 0.15) is 5.39 Å². The van der Waals surface area contributed by atoms with Crippen LogP contribution in [0.2, 0.25) is 0 Å². The van der Waals surface area contributed by atoms with E-state index in [1.54, 1.807) is 0 Å². The van der Waals surface area contributed by atoms with Crippen LogP contribution in [0.25, 0.3) is 22.3 Å². The number of aromatic amines is 2. The van der Waals surface area contributed by atoms with Gasteiger partial charge in [0.05, 0.1) is 19.9 Å². The number of aromatic hydroxyl groups is 1. The normalized spacial score (nSPS) is 10.7. The molecular weight excluding hydrogens is 332 g/mol. The summed E-state index contributed by atoms with van der Waals surface area (Å²) in [6.45, 7) is 0. The Bertz CT molecular complexity index is 1050. The standard InChI is InChI=1S/C14H14N6O5/c1-24-6-3-5(4-7(25-2)10(6)21)9-8-11(17-13(16-9)20-15)18-14(23)19-12(8)22/h3-4,21H,15H2,1-2H3,(H3,16,17,18,19,20,22,23). The van der Waals surface area contributed by atoms with E-state index in [1.165, 1.54) is 26.4 Å². The molecule has 0 radical (unpaired) electrons. The zero-order valence-electron chi connectivity index (χ0n) is 13.2. The lowest BCUT2D eigenvalue weighted by molar-refractivity contribution is 0.340. The van der Waals surface area contributed by atoms with E-state index >= 15 is 0 Å². The van der Waals surface area contributed by atoms with Crippen LogP contribution < -0.4 is 32.0 Å². The Kier molecular flexibility index (Phi) is 3.99. The molecule has 2 aromatic heterocycles. The molecular formula is C14H14N6O5. The summed E-state index contributed by atoms with van der Waals surface area (Å²) in [5.74, 6) is 5.37. The third kappa shape index (κ3) is 2.72. The van der Waals surface area contributed by atoms with Crippen molar-refractivity contribution < 1.29 is 14.6 Å². The van der Waals surface area contributed by atoms with Gasteiger partial charge in [0.15, 0.2) is 17.1 Å². The van der Waals surface area contributed by atoms with Gasteiger partial charge in [-0.05, 0) is 12.1 Å². The van der Waals surface area contributed by atoms with Crippen LogP contribution in [0.1, 0.15) is 0 Å². The average Bonchev–Trinajstić information content (AvgIpc) is 2.60. The van der Waals surface area contributed by atoms with E-state index in [2.05, 4.69) is 25.4 Å². The minimum atomic E-state index is -0.717. The molecule has 0 saturated heterocycles. The number of phenolic OH excluding ortho intramolecular Hbond substituents is 1. The molecule has 0 saturated carbocycles. The van der Waals surface area contributed by atoms with Crippen molar-refractivity contribution in [3.8, 4) is 28.5 Å². The molecule has 3 aromatic rings. The SMILES string of the molecule is COc1cc(-c2nc(NN)nc3[nH]c(=O)[nH]c(=O)c23)cc(OC)c1O. The van der Waals surface area contributed by atoms with Gasteiger partial charge in [-0.1, -0.05) is 0 Å². The summed E-state index contributed by atoms with van der Waals surface area (Å²) in [7, 11) is 2.74. The summed E-state index contributed by atoms with van der Waals surface area (Å²) >= 11 is 0. The highest BCUT2D eigenvalue weighted by molar-refractivity contribution is 5.91. The second-order valence-corrected chi connectivity index (χ2v) is 4.90. The number of anilines is 1. The molecule has 0 unspecified atom stereocenters. The lowest BCUT2D eigenvalue weighted by atomic mass is 10.1. The average molecular weight is 346 g/mol. The summed E-state index contributed by atoms with van der Waals surface area (Å²) in [5, 5.41) is 10.1. The molecule has 0 amide bonds. The van der Waals surface area contributed by atoms with E-state index in [-0.39, 0.29) is 39.9 Å². The topological polar surface area (TPSA) is 168 Å². The number of nitrogens with two attached hydrogens (primary N) is 1. The number of nitrogen functional groups attached to an aromatic ring is 1. The zero-order chi connectivity index (χ0) is 18.1. The number of ether oxygens (including phenoxy) is 2. The summed E-state index contributed by atoms with van der Waals surface area (Å²) in [6, 6.07) is 2.93. The Morgan fingerprint density at radius 2 is 1.76 bits per heavy atom. The molecule has 6 N–H and O–H groups in total. The van der Waals surface area contributed by atoms with Gasteiger partial charge < -0.3 is 14.6 Å². The summed E-state index contributed by atoms with van der Waals surface area (Å²) in [6.07, 6.45) is 0. The third-order valence-corrected chi connectivity index (χ3v) is 3.48. The Hall–Kier alpha value is -3.60. The molecule has 1 aromatic carbocycles. The highest BCUT2D eigenvalue weighted by Crippen LogP contribution is 2.40. The van der Waals surface area contributed by atoms with Gasteiger partial charge in [-0.25, -0.2) is 15.6 Å². The number of aromatic nitrogens is 4. The molecule has 25 heavy (non-hydrogen) atoms. The van der Waals surface area contributed by atoms with Crippen LogP contribution in [0, 0.1) is 0 Å². The van der Waals surface area contributed by atoms with Crippen molar-refractivity contribution in [1.82, 2.24) is 19.9 Å². The molecule has 0 bridgehead atoms. The Morgan fingerprint density at radius 3 is 2.32 bits per heavy atom. The Balaban J connectivity index is 2.43. The first-order chi connectivity index (χ1) is 12.0. The summed E-state index contributed by atoms with van der Waals surface area (Å²) < 4.78 is 10.2. The van der Waals surface area contributed by atoms with Crippen LogP contribution in [-0.2, 0) is 0 Å². The number of rotatable bonds is 4. The number of hydrogen-bond acceptors (Lipinski definition) is 9. The molecule has 0 spiro atoms. The number of hydrazine groups is 1. The third-order valence-electron chi connectivity index (χ3n) is 3.48. The molecule has 0 aliphatic heterocycles. The van der Waals surface area contributed by atoms with E-state index < -0.39 is 11.2 Å². The molecule has 0 fully saturated rings. The minimum absolute atomic E-state index is 0.00212. The number of H-pyrrole nitrogens is 2. The van der Waals surface area contributed by atoms with E-state index in [0.29, 0.717) is 5.56 Å². The maximum Gasteiger partial charge on any atom is 0.327 e. The number of methoxy groups -OCH3 is 2. The fraction of sp³-hybridized carbons (Fsp3) is 0.143. The second kappa shape index (κ2) is 6.13. The van der Waals surface area contributed by atoms with E-state index in [9.17, 15) is 14.7 Å². The molecule has 0 atom stereocenters. The van der Waals surface area contributed by atoms with Crippen molar-refractivity contribution in [2.45, 2.75) is 0 Å². The lowest BCUT2D eigenvalue weighted by Gasteiger charge is -2.12. The van der Waals surface area contributed by atoms with Gasteiger partial charge >= 0.3 is 5.69 Å². The van der Waals surface area contributed by atoms with E-state index in [1.807, 2.05) is 0 Å². The van der Waals surface area contributed by atoms with Crippen LogP contribution in [0.3, 0.4) is 0 Å². The van der Waals surface area contributed by atoms with Crippen molar-refractivity contribution in [3.05, 3.63) is 33.0 Å². The molecule has 11 heteroatoms. The number of hydrogen-bond donors (Lipinski definition) is 5. The van der Waals surface area contributed by atoms with Gasteiger partial charge in [-0.3, -0.25) is 20.2 Å².